The Bertz CT molecular complexity index is 679. The van der Waals surface area contributed by atoms with Crippen molar-refractivity contribution in [1.82, 2.24) is 14.7 Å². The van der Waals surface area contributed by atoms with Gasteiger partial charge in [-0.2, -0.15) is 5.10 Å². The van der Waals surface area contributed by atoms with Crippen molar-refractivity contribution in [3.05, 3.63) is 36.0 Å². The summed E-state index contributed by atoms with van der Waals surface area (Å²) in [6, 6.07) is 3.70. The number of urea groups is 1. The van der Waals surface area contributed by atoms with Crippen molar-refractivity contribution in [2.24, 2.45) is 0 Å². The molecule has 2 aromatic rings. The molecule has 3 heterocycles. The van der Waals surface area contributed by atoms with Gasteiger partial charge in [0, 0.05) is 26.4 Å². The van der Waals surface area contributed by atoms with E-state index in [4.69, 9.17) is 9.15 Å². The van der Waals surface area contributed by atoms with E-state index in [1.807, 2.05) is 27.9 Å². The van der Waals surface area contributed by atoms with Crippen LogP contribution in [0.4, 0.5) is 10.5 Å². The Morgan fingerprint density at radius 3 is 3.17 bits per heavy atom. The molecule has 0 radical (unpaired) electrons. The van der Waals surface area contributed by atoms with E-state index in [0.29, 0.717) is 6.61 Å². The monoisotopic (exact) mass is 332 g/mol. The van der Waals surface area contributed by atoms with Crippen molar-refractivity contribution >= 4 is 11.7 Å². The van der Waals surface area contributed by atoms with Gasteiger partial charge in [0.25, 0.3) is 0 Å². The number of rotatable bonds is 6. The van der Waals surface area contributed by atoms with E-state index < -0.39 is 0 Å². The molecule has 0 bridgehead atoms. The van der Waals surface area contributed by atoms with Crippen LogP contribution in [0.5, 0.6) is 0 Å². The summed E-state index contributed by atoms with van der Waals surface area (Å²) in [6.45, 7) is 4.10. The van der Waals surface area contributed by atoms with E-state index in [1.165, 1.54) is 0 Å². The number of amides is 2. The molecule has 0 aromatic carbocycles. The standard InChI is InChI=1S/C17H24N4O3/c1-3-8-20-11-13(10-18-20)19-17(22)21-9-4-5-15(21)16-7-6-14(24-16)12-23-2/h6-7,10-11,15H,3-5,8-9,12H2,1-2H3,(H,19,22)/t15-/m0/s1. The molecule has 1 saturated heterocycles. The minimum atomic E-state index is -0.113. The minimum Gasteiger partial charge on any atom is -0.461 e. The number of carbonyl (C=O) groups excluding carboxylic acids is 1. The molecule has 0 aliphatic carbocycles. The second-order valence-corrected chi connectivity index (χ2v) is 6.01. The Labute approximate surface area is 141 Å². The van der Waals surface area contributed by atoms with Crippen LogP contribution in [0.1, 0.15) is 43.7 Å². The maximum atomic E-state index is 12.6. The van der Waals surface area contributed by atoms with Gasteiger partial charge in [0.2, 0.25) is 0 Å². The Kier molecular flexibility index (Phi) is 5.20. The van der Waals surface area contributed by atoms with Gasteiger partial charge in [-0.15, -0.1) is 0 Å². The summed E-state index contributed by atoms with van der Waals surface area (Å²) in [4.78, 5) is 14.4. The predicted molar refractivity (Wildman–Crippen MR) is 89.6 cm³/mol. The summed E-state index contributed by atoms with van der Waals surface area (Å²) in [6.07, 6.45) is 6.42. The molecule has 7 nitrogen and oxygen atoms in total. The predicted octanol–water partition coefficient (Wildman–Crippen LogP) is 3.40. The van der Waals surface area contributed by atoms with Gasteiger partial charge in [0.05, 0.1) is 17.9 Å². The normalized spacial score (nSPS) is 17.4. The van der Waals surface area contributed by atoms with Crippen LogP contribution in [0, 0.1) is 0 Å². The lowest BCUT2D eigenvalue weighted by molar-refractivity contribution is 0.157. The average Bonchev–Trinajstić information content (AvgIpc) is 3.27. The van der Waals surface area contributed by atoms with Crippen LogP contribution < -0.4 is 5.32 Å². The summed E-state index contributed by atoms with van der Waals surface area (Å²) < 4.78 is 12.7. The van der Waals surface area contributed by atoms with Gasteiger partial charge in [-0.1, -0.05) is 6.92 Å². The smallest absolute Gasteiger partial charge is 0.322 e. The number of aromatic nitrogens is 2. The first kappa shape index (κ1) is 16.6. The Morgan fingerprint density at radius 1 is 1.50 bits per heavy atom. The van der Waals surface area contributed by atoms with Gasteiger partial charge in [-0.25, -0.2) is 4.79 Å². The highest BCUT2D eigenvalue weighted by Gasteiger charge is 2.32. The number of likely N-dealkylation sites (tertiary alicyclic amines) is 1. The molecule has 1 atom stereocenters. The first-order valence-electron chi connectivity index (χ1n) is 8.39. The molecule has 0 saturated carbocycles. The van der Waals surface area contributed by atoms with E-state index in [9.17, 15) is 4.79 Å². The SMILES string of the molecule is CCCn1cc(NC(=O)N2CCC[C@H]2c2ccc(COC)o2)cn1. The molecule has 1 aliphatic rings. The second-order valence-electron chi connectivity index (χ2n) is 6.01. The Hall–Kier alpha value is -2.28. The second kappa shape index (κ2) is 7.53. The number of nitrogens with one attached hydrogen (secondary N) is 1. The number of nitrogens with zero attached hydrogens (tertiary/aromatic N) is 3. The molecule has 130 valence electrons. The zero-order chi connectivity index (χ0) is 16.9. The van der Waals surface area contributed by atoms with Gasteiger partial charge in [-0.05, 0) is 31.4 Å². The first-order valence-corrected chi connectivity index (χ1v) is 8.39. The van der Waals surface area contributed by atoms with Gasteiger partial charge in [0.1, 0.15) is 18.1 Å². The van der Waals surface area contributed by atoms with Gasteiger partial charge >= 0.3 is 6.03 Å². The van der Waals surface area contributed by atoms with Crippen LogP contribution in [-0.4, -0.2) is 34.4 Å². The maximum Gasteiger partial charge on any atom is 0.322 e. The van der Waals surface area contributed by atoms with Crippen LogP contribution in [-0.2, 0) is 17.9 Å². The summed E-state index contributed by atoms with van der Waals surface area (Å²) in [5.41, 5.74) is 0.721. The fourth-order valence-electron chi connectivity index (χ4n) is 3.07. The van der Waals surface area contributed by atoms with Crippen molar-refractivity contribution in [3.8, 4) is 0 Å². The number of hydrogen-bond donors (Lipinski definition) is 1. The van der Waals surface area contributed by atoms with Crippen LogP contribution in [0.3, 0.4) is 0 Å². The number of hydrogen-bond acceptors (Lipinski definition) is 4. The largest absolute Gasteiger partial charge is 0.461 e. The number of anilines is 1. The summed E-state index contributed by atoms with van der Waals surface area (Å²) in [5, 5.41) is 7.17. The third kappa shape index (κ3) is 3.62. The van der Waals surface area contributed by atoms with Crippen LogP contribution in [0.25, 0.3) is 0 Å². The summed E-state index contributed by atoms with van der Waals surface area (Å²) in [7, 11) is 1.64. The van der Waals surface area contributed by atoms with Crippen molar-refractivity contribution in [1.29, 1.82) is 0 Å². The van der Waals surface area contributed by atoms with E-state index >= 15 is 0 Å². The fourth-order valence-corrected chi connectivity index (χ4v) is 3.07. The lowest BCUT2D eigenvalue weighted by Crippen LogP contribution is -2.34. The van der Waals surface area contributed by atoms with E-state index in [-0.39, 0.29) is 12.1 Å². The lowest BCUT2D eigenvalue weighted by Gasteiger charge is -2.23. The van der Waals surface area contributed by atoms with Crippen LogP contribution >= 0.6 is 0 Å². The number of ether oxygens (including phenoxy) is 1. The van der Waals surface area contributed by atoms with Crippen molar-refractivity contribution in [2.45, 2.75) is 45.4 Å². The quantitative estimate of drug-likeness (QED) is 0.880. The highest BCUT2D eigenvalue weighted by molar-refractivity contribution is 5.89. The molecular formula is C17H24N4O3. The third-order valence-electron chi connectivity index (χ3n) is 4.15. The molecule has 0 spiro atoms. The molecule has 7 heteroatoms. The fraction of sp³-hybridized carbons (Fsp3) is 0.529. The molecule has 1 fully saturated rings. The summed E-state index contributed by atoms with van der Waals surface area (Å²) >= 11 is 0. The molecule has 2 amide bonds. The highest BCUT2D eigenvalue weighted by atomic mass is 16.5. The van der Waals surface area contributed by atoms with E-state index in [0.717, 1.165) is 49.6 Å². The maximum absolute atomic E-state index is 12.6. The van der Waals surface area contributed by atoms with Gasteiger partial charge in [0.15, 0.2) is 0 Å². The van der Waals surface area contributed by atoms with E-state index in [2.05, 4.69) is 17.3 Å². The Balaban J connectivity index is 1.66. The molecule has 1 aliphatic heterocycles. The number of aryl methyl sites for hydroxylation is 1. The van der Waals surface area contributed by atoms with Crippen molar-refractivity contribution in [2.75, 3.05) is 19.0 Å². The van der Waals surface area contributed by atoms with Crippen LogP contribution in [0.2, 0.25) is 0 Å². The molecular weight excluding hydrogens is 308 g/mol. The molecule has 2 aromatic heterocycles. The molecule has 3 rings (SSSR count). The molecule has 0 unspecified atom stereocenters. The number of furan rings is 1. The number of carbonyl (C=O) groups is 1. The van der Waals surface area contributed by atoms with Crippen molar-refractivity contribution < 1.29 is 13.9 Å². The topological polar surface area (TPSA) is 72.5 Å². The highest BCUT2D eigenvalue weighted by Crippen LogP contribution is 2.33. The molecule has 24 heavy (non-hydrogen) atoms. The van der Waals surface area contributed by atoms with Gasteiger partial charge in [-0.3, -0.25) is 4.68 Å². The minimum absolute atomic E-state index is 0.0266. The first-order chi connectivity index (χ1) is 11.7. The zero-order valence-corrected chi connectivity index (χ0v) is 14.2. The summed E-state index contributed by atoms with van der Waals surface area (Å²) in [5.74, 6) is 1.59. The van der Waals surface area contributed by atoms with E-state index in [1.54, 1.807) is 13.3 Å². The zero-order valence-electron chi connectivity index (χ0n) is 14.2. The number of methoxy groups -OCH3 is 1. The molecule has 1 N–H and O–H groups in total. The average molecular weight is 332 g/mol. The lowest BCUT2D eigenvalue weighted by atomic mass is 10.2. The van der Waals surface area contributed by atoms with Gasteiger partial charge < -0.3 is 19.4 Å². The van der Waals surface area contributed by atoms with Crippen LogP contribution in [0.15, 0.2) is 28.9 Å². The third-order valence-corrected chi connectivity index (χ3v) is 4.15. The Morgan fingerprint density at radius 2 is 2.38 bits per heavy atom. The van der Waals surface area contributed by atoms with Crippen molar-refractivity contribution in [3.63, 3.8) is 0 Å².